The van der Waals surface area contributed by atoms with Crippen molar-refractivity contribution in [1.82, 2.24) is 18.7 Å². The van der Waals surface area contributed by atoms with Gasteiger partial charge in [0, 0.05) is 13.1 Å². The Bertz CT molecular complexity index is 1040. The second-order valence-electron chi connectivity index (χ2n) is 6.26. The summed E-state index contributed by atoms with van der Waals surface area (Å²) >= 11 is 0. The first-order valence-corrected chi connectivity index (χ1v) is 8.01. The van der Waals surface area contributed by atoms with Crippen LogP contribution in [0, 0.1) is 11.7 Å². The highest BCUT2D eigenvalue weighted by atomic mass is 19.1. The van der Waals surface area contributed by atoms with Crippen LogP contribution < -0.4 is 11.2 Å². The number of rotatable bonds is 5. The smallest absolute Gasteiger partial charge is 0.324 e. The summed E-state index contributed by atoms with van der Waals surface area (Å²) in [7, 11) is 0. The zero-order chi connectivity index (χ0) is 18.1. The zero-order valence-corrected chi connectivity index (χ0v) is 14.1. The van der Waals surface area contributed by atoms with Gasteiger partial charge in [0.15, 0.2) is 11.2 Å². The molecule has 0 spiro atoms. The lowest BCUT2D eigenvalue weighted by Crippen LogP contribution is -2.39. The van der Waals surface area contributed by atoms with Gasteiger partial charge in [0.1, 0.15) is 5.82 Å². The van der Waals surface area contributed by atoms with E-state index in [-0.39, 0.29) is 12.2 Å². The maximum absolute atomic E-state index is 13.3. The number of halogens is 1. The number of fused-ring (bicyclic) bond motifs is 1. The first-order chi connectivity index (χ1) is 11.9. The van der Waals surface area contributed by atoms with Crippen molar-refractivity contribution in [2.45, 2.75) is 26.9 Å². The van der Waals surface area contributed by atoms with Crippen LogP contribution in [0.5, 0.6) is 0 Å². The molecule has 0 aliphatic heterocycles. The molecule has 7 heteroatoms. The average Bonchev–Trinajstić information content (AvgIpc) is 2.96. The van der Waals surface area contributed by atoms with Crippen molar-refractivity contribution < 1.29 is 4.39 Å². The van der Waals surface area contributed by atoms with Crippen molar-refractivity contribution in [3.63, 3.8) is 0 Å². The van der Waals surface area contributed by atoms with Crippen LogP contribution in [0.25, 0.3) is 16.9 Å². The molecule has 2 heterocycles. The first kappa shape index (κ1) is 16.9. The fourth-order valence-corrected chi connectivity index (χ4v) is 2.82. The second kappa shape index (κ2) is 6.51. The molecular weight excluding hydrogens is 323 g/mol. The van der Waals surface area contributed by atoms with Gasteiger partial charge >= 0.3 is 5.69 Å². The van der Waals surface area contributed by atoms with E-state index in [1.807, 2.05) is 13.8 Å². The van der Waals surface area contributed by atoms with Crippen molar-refractivity contribution in [3.05, 3.63) is 69.9 Å². The highest BCUT2D eigenvalue weighted by Crippen LogP contribution is 2.14. The third-order valence-electron chi connectivity index (χ3n) is 3.86. The summed E-state index contributed by atoms with van der Waals surface area (Å²) in [4.78, 5) is 30.0. The Hall–Kier alpha value is -2.96. The normalized spacial score (nSPS) is 11.4. The van der Waals surface area contributed by atoms with Crippen LogP contribution in [0.4, 0.5) is 4.39 Å². The van der Waals surface area contributed by atoms with Gasteiger partial charge in [-0.1, -0.05) is 19.9 Å². The fraction of sp³-hybridized carbons (Fsp3) is 0.278. The average molecular weight is 342 g/mol. The monoisotopic (exact) mass is 342 g/mol. The second-order valence-corrected chi connectivity index (χ2v) is 6.26. The molecule has 25 heavy (non-hydrogen) atoms. The lowest BCUT2D eigenvalue weighted by Gasteiger charge is -2.12. The molecule has 130 valence electrons. The summed E-state index contributed by atoms with van der Waals surface area (Å²) in [5, 5.41) is 0. The van der Waals surface area contributed by atoms with Crippen molar-refractivity contribution >= 4 is 11.2 Å². The molecule has 0 saturated carbocycles. The molecule has 1 aromatic carbocycles. The molecule has 3 aromatic rings. The van der Waals surface area contributed by atoms with Crippen molar-refractivity contribution in [2.75, 3.05) is 0 Å². The lowest BCUT2D eigenvalue weighted by atomic mass is 10.2. The first-order valence-electron chi connectivity index (χ1n) is 8.01. The Morgan fingerprint density at radius 1 is 1.24 bits per heavy atom. The third-order valence-corrected chi connectivity index (χ3v) is 3.86. The minimum atomic E-state index is -0.529. The minimum absolute atomic E-state index is 0.0850. The van der Waals surface area contributed by atoms with Gasteiger partial charge in [0.25, 0.3) is 5.56 Å². The van der Waals surface area contributed by atoms with Gasteiger partial charge in [-0.2, -0.15) is 0 Å². The molecule has 0 radical (unpaired) electrons. The molecule has 0 N–H and O–H groups in total. The third kappa shape index (κ3) is 2.93. The van der Waals surface area contributed by atoms with Crippen LogP contribution in [0.3, 0.4) is 0 Å². The van der Waals surface area contributed by atoms with Gasteiger partial charge in [-0.15, -0.1) is 6.58 Å². The maximum Gasteiger partial charge on any atom is 0.337 e. The molecule has 0 saturated heterocycles. The molecule has 0 fully saturated rings. The Labute approximate surface area is 143 Å². The summed E-state index contributed by atoms with van der Waals surface area (Å²) in [6.45, 7) is 8.36. The van der Waals surface area contributed by atoms with Crippen LogP contribution in [0.15, 0.2) is 52.8 Å². The van der Waals surface area contributed by atoms with Crippen LogP contribution in [0.1, 0.15) is 13.8 Å². The van der Waals surface area contributed by atoms with Crippen molar-refractivity contribution in [2.24, 2.45) is 5.92 Å². The quantitative estimate of drug-likeness (QED) is 0.669. The van der Waals surface area contributed by atoms with Crippen molar-refractivity contribution in [1.29, 1.82) is 0 Å². The van der Waals surface area contributed by atoms with Crippen LogP contribution in [-0.4, -0.2) is 18.7 Å². The van der Waals surface area contributed by atoms with E-state index in [0.717, 1.165) is 4.57 Å². The summed E-state index contributed by atoms with van der Waals surface area (Å²) in [5.41, 5.74) is 0.126. The molecule has 2 aromatic heterocycles. The number of aromatic nitrogens is 4. The number of nitrogens with zero attached hydrogens (tertiary/aromatic N) is 4. The van der Waals surface area contributed by atoms with E-state index in [1.54, 1.807) is 10.9 Å². The van der Waals surface area contributed by atoms with E-state index in [9.17, 15) is 14.0 Å². The Balaban J connectivity index is 2.41. The summed E-state index contributed by atoms with van der Waals surface area (Å²) in [5.74, 6) is -0.103. The van der Waals surface area contributed by atoms with Crippen LogP contribution >= 0.6 is 0 Å². The van der Waals surface area contributed by atoms with Crippen molar-refractivity contribution in [3.8, 4) is 5.69 Å². The van der Waals surface area contributed by atoms with Crippen LogP contribution in [-0.2, 0) is 13.1 Å². The SMILES string of the molecule is C=CCn1c(=O)c2c(ncn2CC(C)C)n(-c2ccc(F)cc2)c1=O. The zero-order valence-electron chi connectivity index (χ0n) is 14.1. The molecule has 6 nitrogen and oxygen atoms in total. The lowest BCUT2D eigenvalue weighted by molar-refractivity contribution is 0.530. The van der Waals surface area contributed by atoms with E-state index in [2.05, 4.69) is 11.6 Å². The number of hydrogen-bond donors (Lipinski definition) is 0. The Kier molecular flexibility index (Phi) is 4.39. The molecular formula is C18H19FN4O2. The van der Waals surface area contributed by atoms with Gasteiger partial charge in [0.2, 0.25) is 0 Å². The molecule has 0 atom stereocenters. The van der Waals surface area contributed by atoms with E-state index < -0.39 is 17.1 Å². The summed E-state index contributed by atoms with van der Waals surface area (Å²) in [6.07, 6.45) is 3.05. The maximum atomic E-state index is 13.3. The number of imidazole rings is 1. The molecule has 0 aliphatic rings. The molecule has 0 aliphatic carbocycles. The van der Waals surface area contributed by atoms with E-state index >= 15 is 0 Å². The number of benzene rings is 1. The highest BCUT2D eigenvalue weighted by molar-refractivity contribution is 5.72. The Morgan fingerprint density at radius 3 is 2.52 bits per heavy atom. The van der Waals surface area contributed by atoms with E-state index in [4.69, 9.17) is 0 Å². The van der Waals surface area contributed by atoms with Gasteiger partial charge in [0.05, 0.1) is 12.0 Å². The van der Waals surface area contributed by atoms with Gasteiger partial charge < -0.3 is 4.57 Å². The number of hydrogen-bond acceptors (Lipinski definition) is 3. The Morgan fingerprint density at radius 2 is 1.92 bits per heavy atom. The summed E-state index contributed by atoms with van der Waals surface area (Å²) in [6, 6.07) is 5.50. The summed E-state index contributed by atoms with van der Waals surface area (Å²) < 4.78 is 17.4. The van der Waals surface area contributed by atoms with E-state index in [1.165, 1.54) is 34.9 Å². The predicted molar refractivity (Wildman–Crippen MR) is 94.6 cm³/mol. The van der Waals surface area contributed by atoms with Gasteiger partial charge in [-0.05, 0) is 30.2 Å². The standard InChI is InChI=1S/C18H19FN4O2/c1-4-9-22-17(24)15-16(20-11-21(15)10-12(2)3)23(18(22)25)14-7-5-13(19)6-8-14/h4-8,11-12H,1,9-10H2,2-3H3. The minimum Gasteiger partial charge on any atom is -0.324 e. The molecule has 0 bridgehead atoms. The van der Waals surface area contributed by atoms with E-state index in [0.29, 0.717) is 23.7 Å². The predicted octanol–water partition coefficient (Wildman–Crippen LogP) is 2.33. The molecule has 3 rings (SSSR count). The van der Waals surface area contributed by atoms with Gasteiger partial charge in [-0.3, -0.25) is 9.36 Å². The number of allylic oxidation sites excluding steroid dienone is 1. The largest absolute Gasteiger partial charge is 0.337 e. The molecule has 0 unspecified atom stereocenters. The fourth-order valence-electron chi connectivity index (χ4n) is 2.82. The van der Waals surface area contributed by atoms with Crippen LogP contribution in [0.2, 0.25) is 0 Å². The highest BCUT2D eigenvalue weighted by Gasteiger charge is 2.19. The topological polar surface area (TPSA) is 61.8 Å². The molecule has 0 amide bonds. The van der Waals surface area contributed by atoms with Gasteiger partial charge in [-0.25, -0.2) is 18.7 Å².